The van der Waals surface area contributed by atoms with E-state index in [0.29, 0.717) is 17.7 Å². The number of ether oxygens (including phenoxy) is 1. The zero-order valence-electron chi connectivity index (χ0n) is 20.9. The summed E-state index contributed by atoms with van der Waals surface area (Å²) in [5.41, 5.74) is -2.02. The average Bonchev–Trinajstić information content (AvgIpc) is 3.32. The van der Waals surface area contributed by atoms with E-state index in [2.05, 4.69) is 15.0 Å². The van der Waals surface area contributed by atoms with Crippen LogP contribution in [0.2, 0.25) is 10.0 Å². The van der Waals surface area contributed by atoms with Crippen molar-refractivity contribution in [1.29, 1.82) is 0 Å². The molecule has 1 aliphatic rings. The monoisotopic (exact) mass is 608 g/mol. The van der Waals surface area contributed by atoms with Crippen LogP contribution in [0, 0.1) is 0 Å². The quantitative estimate of drug-likeness (QED) is 0.402. The molecule has 1 aliphatic heterocycles. The zero-order chi connectivity index (χ0) is 28.7. The Morgan fingerprint density at radius 1 is 1.18 bits per heavy atom. The fourth-order valence-electron chi connectivity index (χ4n) is 4.61. The third-order valence-electron chi connectivity index (χ3n) is 6.63. The molecule has 1 fully saturated rings. The van der Waals surface area contributed by atoms with E-state index in [1.54, 1.807) is 7.05 Å². The summed E-state index contributed by atoms with van der Waals surface area (Å²) in [5.74, 6) is -0.909. The molecule has 0 amide bonds. The lowest BCUT2D eigenvalue weighted by Gasteiger charge is -2.21. The average molecular weight is 609 g/mol. The number of likely N-dealkylation sites (N-methyl/N-ethyl adjacent to an activating group) is 1. The largest absolute Gasteiger partial charge is 0.573 e. The molecule has 0 bridgehead atoms. The van der Waals surface area contributed by atoms with Gasteiger partial charge in [0.25, 0.3) is 5.56 Å². The van der Waals surface area contributed by atoms with E-state index >= 15 is 0 Å². The molecule has 3 aromatic rings. The zero-order valence-corrected chi connectivity index (χ0v) is 23.2. The minimum Gasteiger partial charge on any atom is -0.405 e. The van der Waals surface area contributed by atoms with E-state index in [9.17, 15) is 31.2 Å². The van der Waals surface area contributed by atoms with Crippen LogP contribution in [-0.4, -0.2) is 61.2 Å². The van der Waals surface area contributed by atoms with E-state index in [1.165, 1.54) is 25.1 Å². The lowest BCUT2D eigenvalue weighted by molar-refractivity contribution is -0.274. The Balaban J connectivity index is 1.87. The number of halogens is 5. The van der Waals surface area contributed by atoms with Crippen LogP contribution in [-0.2, 0) is 22.9 Å². The van der Waals surface area contributed by atoms with Crippen LogP contribution in [0.1, 0.15) is 24.5 Å². The first kappa shape index (κ1) is 29.4. The van der Waals surface area contributed by atoms with Gasteiger partial charge in [0.15, 0.2) is 9.84 Å². The number of alkyl halides is 3. The van der Waals surface area contributed by atoms with Gasteiger partial charge in [0.1, 0.15) is 5.75 Å². The molecular formula is C24H25Cl2F3N4O5S. The molecule has 15 heteroatoms. The molecular weight excluding hydrogens is 584 g/mol. The maximum atomic E-state index is 13.4. The van der Waals surface area contributed by atoms with Gasteiger partial charge < -0.3 is 15.0 Å². The molecule has 1 aromatic heterocycles. The van der Waals surface area contributed by atoms with Crippen molar-refractivity contribution < 1.29 is 26.3 Å². The van der Waals surface area contributed by atoms with Crippen molar-refractivity contribution in [3.63, 3.8) is 0 Å². The van der Waals surface area contributed by atoms with Crippen molar-refractivity contribution in [2.24, 2.45) is 0 Å². The maximum absolute atomic E-state index is 13.4. The van der Waals surface area contributed by atoms with Gasteiger partial charge in [0.05, 0.1) is 33.1 Å². The minimum absolute atomic E-state index is 0.00969. The van der Waals surface area contributed by atoms with Crippen molar-refractivity contribution in [3.8, 4) is 5.75 Å². The Kier molecular flexibility index (Phi) is 8.39. The Hall–Kier alpha value is -2.58. The summed E-state index contributed by atoms with van der Waals surface area (Å²) in [6.07, 6.45) is -4.30. The van der Waals surface area contributed by atoms with Crippen molar-refractivity contribution in [1.82, 2.24) is 19.8 Å². The second-order valence-electron chi connectivity index (χ2n) is 9.12. The fraction of sp³-hybridized carbons (Fsp3) is 0.417. The van der Waals surface area contributed by atoms with Gasteiger partial charge in [-0.1, -0.05) is 30.1 Å². The summed E-state index contributed by atoms with van der Waals surface area (Å²) in [6.45, 7) is 2.06. The van der Waals surface area contributed by atoms with Gasteiger partial charge in [-0.3, -0.25) is 14.3 Å². The number of rotatable bonds is 8. The Morgan fingerprint density at radius 2 is 1.90 bits per heavy atom. The van der Waals surface area contributed by atoms with Crippen molar-refractivity contribution in [2.45, 2.75) is 43.7 Å². The fourth-order valence-corrected chi connectivity index (χ4v) is 6.22. The Bertz CT molecular complexity index is 1640. The number of fused-ring (bicyclic) bond motifs is 1. The third-order valence-corrected chi connectivity index (χ3v) is 9.11. The molecule has 0 unspecified atom stereocenters. The van der Waals surface area contributed by atoms with E-state index in [1.807, 2.05) is 4.90 Å². The topological polar surface area (TPSA) is 114 Å². The van der Waals surface area contributed by atoms with E-state index in [0.717, 1.165) is 12.5 Å². The van der Waals surface area contributed by atoms with Crippen molar-refractivity contribution in [2.75, 3.05) is 25.9 Å². The van der Waals surface area contributed by atoms with Crippen LogP contribution in [0.3, 0.4) is 0 Å². The van der Waals surface area contributed by atoms with Gasteiger partial charge in [0.2, 0.25) is 0 Å². The summed E-state index contributed by atoms with van der Waals surface area (Å²) >= 11 is 12.5. The van der Waals surface area contributed by atoms with Gasteiger partial charge in [0, 0.05) is 36.3 Å². The molecule has 2 aromatic carbocycles. The van der Waals surface area contributed by atoms with Crippen LogP contribution in [0.4, 0.5) is 13.2 Å². The number of sulfone groups is 1. The molecule has 2 N–H and O–H groups in total. The lowest BCUT2D eigenvalue weighted by atomic mass is 10.1. The molecule has 9 nitrogen and oxygen atoms in total. The Labute approximate surface area is 231 Å². The standard InChI is InChI=1S/C24H25Cl2F3N4O5S/c1-3-39(36,37)19-5-4-14(25)8-13(19)10-33-22(34)16-9-18(38-24(27,28)29)17(20(26)21(16)31-23(33)35)12-32-7-6-15(11-32)30-2/h4-5,8-9,15,30H,3,6-7,10-12H2,1-2H3,(H,31,35)/t15-/m1/s1. The highest BCUT2D eigenvalue weighted by Crippen LogP contribution is 2.37. The molecule has 39 heavy (non-hydrogen) atoms. The highest BCUT2D eigenvalue weighted by atomic mass is 35.5. The number of aromatic nitrogens is 2. The molecule has 0 aliphatic carbocycles. The number of aromatic amines is 1. The third kappa shape index (κ3) is 6.27. The Morgan fingerprint density at radius 3 is 2.51 bits per heavy atom. The minimum atomic E-state index is -5.07. The number of hydrogen-bond donors (Lipinski definition) is 2. The molecule has 4 rings (SSSR count). The SMILES string of the molecule is CCS(=O)(=O)c1ccc(Cl)cc1Cn1c(=O)[nH]c2c(Cl)c(CN3CC[C@@H](NC)C3)c(OC(F)(F)F)cc2c1=O. The highest BCUT2D eigenvalue weighted by Gasteiger charge is 2.34. The smallest absolute Gasteiger partial charge is 0.405 e. The number of likely N-dealkylation sites (tertiary alicyclic amines) is 1. The predicted octanol–water partition coefficient (Wildman–Crippen LogP) is 3.53. The summed E-state index contributed by atoms with van der Waals surface area (Å²) < 4.78 is 70.1. The van der Waals surface area contributed by atoms with E-state index in [4.69, 9.17) is 23.2 Å². The van der Waals surface area contributed by atoms with E-state index < -0.39 is 39.7 Å². The summed E-state index contributed by atoms with van der Waals surface area (Å²) in [4.78, 5) is 30.7. The van der Waals surface area contributed by atoms with Gasteiger partial charge >= 0.3 is 12.1 Å². The molecule has 1 saturated heterocycles. The maximum Gasteiger partial charge on any atom is 0.573 e. The molecule has 212 valence electrons. The second kappa shape index (κ2) is 11.1. The van der Waals surface area contributed by atoms with E-state index in [-0.39, 0.29) is 55.3 Å². The number of benzene rings is 2. The normalized spacial score (nSPS) is 16.7. The predicted molar refractivity (Wildman–Crippen MR) is 142 cm³/mol. The van der Waals surface area contributed by atoms with Gasteiger partial charge in [-0.15, -0.1) is 13.2 Å². The first-order valence-corrected chi connectivity index (χ1v) is 14.3. The van der Waals surface area contributed by atoms with Crippen LogP contribution >= 0.6 is 23.2 Å². The molecule has 0 radical (unpaired) electrons. The van der Waals surface area contributed by atoms with Crippen LogP contribution < -0.4 is 21.3 Å². The number of hydrogen-bond acceptors (Lipinski definition) is 7. The number of nitrogens with zero attached hydrogens (tertiary/aromatic N) is 2. The number of nitrogens with one attached hydrogen (secondary N) is 2. The van der Waals surface area contributed by atoms with Crippen molar-refractivity contribution in [3.05, 3.63) is 66.3 Å². The summed E-state index contributed by atoms with van der Waals surface area (Å²) in [7, 11) is -1.97. The highest BCUT2D eigenvalue weighted by molar-refractivity contribution is 7.91. The number of H-pyrrole nitrogens is 1. The van der Waals surface area contributed by atoms with Gasteiger partial charge in [-0.05, 0) is 43.3 Å². The summed E-state index contributed by atoms with van der Waals surface area (Å²) in [5, 5.41) is 2.70. The molecule has 0 spiro atoms. The van der Waals surface area contributed by atoms with Gasteiger partial charge in [-0.25, -0.2) is 13.2 Å². The van der Waals surface area contributed by atoms with Gasteiger partial charge in [-0.2, -0.15) is 0 Å². The van der Waals surface area contributed by atoms with Crippen molar-refractivity contribution >= 4 is 43.9 Å². The molecule has 2 heterocycles. The summed E-state index contributed by atoms with van der Waals surface area (Å²) in [6, 6.07) is 4.99. The first-order valence-electron chi connectivity index (χ1n) is 11.9. The molecule has 1 atom stereocenters. The van der Waals surface area contributed by atoms with Crippen LogP contribution in [0.5, 0.6) is 5.75 Å². The van der Waals surface area contributed by atoms with Crippen LogP contribution in [0.25, 0.3) is 10.9 Å². The second-order valence-corrected chi connectivity index (χ2v) is 12.2. The molecule has 0 saturated carbocycles. The lowest BCUT2D eigenvalue weighted by Crippen LogP contribution is -2.36. The first-order chi connectivity index (χ1) is 18.2. The van der Waals surface area contributed by atoms with Crippen LogP contribution in [0.15, 0.2) is 38.8 Å².